The van der Waals surface area contributed by atoms with Gasteiger partial charge in [0.2, 0.25) is 0 Å². The Morgan fingerprint density at radius 1 is 0.403 bits per heavy atom. The second-order valence-electron chi connectivity index (χ2n) is 21.5. The van der Waals surface area contributed by atoms with Crippen LogP contribution < -0.4 is 0 Å². The topological polar surface area (TPSA) is 214 Å². The molecule has 428 valence electrons. The Morgan fingerprint density at radius 3 is 1.12 bits per heavy atom. The molecule has 14 heteroatoms. The standard InChI is InChI=1S/C58H112O14/c1-3-5-7-9-11-13-15-17-19-21-23-24-25-27-29-31-33-35-37-39-41-50(60)70-47(44-67-42-40-38-36-34-32-30-28-26-22-20-18-16-14-12-10-8-6-4-2)45-68-57-56(66)54(64)52(62)49(72-57)46-69-58-55(65)53(63)51(61)48(43-59)71-58/h47-49,51-59,61-66H,3-46H2,1-2H3. The fourth-order valence-electron chi connectivity index (χ4n) is 9.99. The number of unbranched alkanes of at least 4 members (excludes halogenated alkanes) is 36. The first-order valence-electron chi connectivity index (χ1n) is 30.1. The van der Waals surface area contributed by atoms with E-state index in [0.29, 0.717) is 6.61 Å². The van der Waals surface area contributed by atoms with Crippen molar-refractivity contribution in [3.8, 4) is 0 Å². The van der Waals surface area contributed by atoms with Crippen LogP contribution in [0.1, 0.15) is 264 Å². The molecule has 2 rings (SSSR count). The van der Waals surface area contributed by atoms with Gasteiger partial charge in [-0.2, -0.15) is 0 Å². The summed E-state index contributed by atoms with van der Waals surface area (Å²) >= 11 is 0. The summed E-state index contributed by atoms with van der Waals surface area (Å²) < 4.78 is 34.4. The van der Waals surface area contributed by atoms with Gasteiger partial charge in [0.25, 0.3) is 0 Å². The number of ether oxygens (including phenoxy) is 6. The largest absolute Gasteiger partial charge is 0.457 e. The van der Waals surface area contributed by atoms with Crippen molar-refractivity contribution in [3.63, 3.8) is 0 Å². The third-order valence-corrected chi connectivity index (χ3v) is 14.9. The average molecular weight is 1030 g/mol. The van der Waals surface area contributed by atoms with Gasteiger partial charge in [-0.3, -0.25) is 4.79 Å². The van der Waals surface area contributed by atoms with Crippen molar-refractivity contribution in [2.75, 3.05) is 33.0 Å². The first-order chi connectivity index (χ1) is 35.1. The van der Waals surface area contributed by atoms with Gasteiger partial charge in [0.15, 0.2) is 12.6 Å². The highest BCUT2D eigenvalue weighted by Gasteiger charge is 2.47. The Morgan fingerprint density at radius 2 is 0.736 bits per heavy atom. The first kappa shape index (κ1) is 67.1. The quantitative estimate of drug-likeness (QED) is 0.0223. The summed E-state index contributed by atoms with van der Waals surface area (Å²) in [6.45, 7) is 3.77. The zero-order chi connectivity index (χ0) is 52.3. The Hall–Kier alpha value is -1.01. The maximum Gasteiger partial charge on any atom is 0.306 e. The van der Waals surface area contributed by atoms with E-state index in [1.54, 1.807) is 0 Å². The SMILES string of the molecule is CCCCCCCCCCCCCCCCCCCCCCC(=O)OC(COCCCCCCCCCCCCCCCCCCCC)COC1OC(COC2OC(CO)C(O)C(O)C2O)C(O)C(O)C1O. The highest BCUT2D eigenvalue weighted by molar-refractivity contribution is 5.69. The van der Waals surface area contributed by atoms with Crippen LogP contribution in [0, 0.1) is 0 Å². The average Bonchev–Trinajstić information content (AvgIpc) is 3.38. The molecule has 7 N–H and O–H groups in total. The number of hydrogen-bond donors (Lipinski definition) is 7. The van der Waals surface area contributed by atoms with E-state index in [9.17, 15) is 40.5 Å². The summed E-state index contributed by atoms with van der Waals surface area (Å²) in [5.74, 6) is -0.367. The maximum atomic E-state index is 13.1. The van der Waals surface area contributed by atoms with Gasteiger partial charge in [-0.1, -0.05) is 245 Å². The number of aliphatic hydroxyl groups excluding tert-OH is 7. The molecule has 11 atom stereocenters. The summed E-state index contributed by atoms with van der Waals surface area (Å²) in [5, 5.41) is 72.4. The molecule has 2 saturated heterocycles. The molecule has 0 aromatic heterocycles. The van der Waals surface area contributed by atoms with Crippen LogP contribution in [0.4, 0.5) is 0 Å². The van der Waals surface area contributed by atoms with Gasteiger partial charge < -0.3 is 64.2 Å². The van der Waals surface area contributed by atoms with E-state index in [1.165, 1.54) is 199 Å². The number of rotatable bonds is 50. The number of hydrogen-bond acceptors (Lipinski definition) is 14. The molecule has 72 heavy (non-hydrogen) atoms. The van der Waals surface area contributed by atoms with E-state index in [1.807, 2.05) is 0 Å². The van der Waals surface area contributed by atoms with E-state index >= 15 is 0 Å². The van der Waals surface area contributed by atoms with Crippen molar-refractivity contribution in [1.29, 1.82) is 0 Å². The van der Waals surface area contributed by atoms with Gasteiger partial charge in [0, 0.05) is 13.0 Å². The van der Waals surface area contributed by atoms with Crippen LogP contribution in [-0.4, -0.2) is 142 Å². The molecule has 0 amide bonds. The number of carbonyl (C=O) groups excluding carboxylic acids is 1. The molecule has 0 aromatic carbocycles. The Kier molecular flexibility index (Phi) is 43.0. The summed E-state index contributed by atoms with van der Waals surface area (Å²) in [6.07, 6.45) is 33.0. The molecule has 14 nitrogen and oxygen atoms in total. The van der Waals surface area contributed by atoms with Gasteiger partial charge in [0.05, 0.1) is 26.4 Å². The van der Waals surface area contributed by atoms with Gasteiger partial charge in [-0.05, 0) is 12.8 Å². The highest BCUT2D eigenvalue weighted by atomic mass is 16.7. The molecule has 2 aliphatic heterocycles. The molecular formula is C58H112O14. The molecule has 2 fully saturated rings. The van der Waals surface area contributed by atoms with Crippen LogP contribution in [0.5, 0.6) is 0 Å². The fourth-order valence-corrected chi connectivity index (χ4v) is 9.99. The lowest BCUT2D eigenvalue weighted by Crippen LogP contribution is -2.61. The van der Waals surface area contributed by atoms with Crippen LogP contribution >= 0.6 is 0 Å². The summed E-state index contributed by atoms with van der Waals surface area (Å²) in [4.78, 5) is 13.1. The smallest absolute Gasteiger partial charge is 0.306 e. The lowest BCUT2D eigenvalue weighted by molar-refractivity contribution is -0.332. The molecule has 0 spiro atoms. The minimum Gasteiger partial charge on any atom is -0.457 e. The fraction of sp³-hybridized carbons (Fsp3) is 0.983. The summed E-state index contributed by atoms with van der Waals surface area (Å²) in [7, 11) is 0. The predicted octanol–water partition coefficient (Wildman–Crippen LogP) is 10.8. The van der Waals surface area contributed by atoms with Crippen LogP contribution in [0.2, 0.25) is 0 Å². The van der Waals surface area contributed by atoms with Crippen molar-refractivity contribution >= 4 is 5.97 Å². The minimum atomic E-state index is -1.70. The third kappa shape index (κ3) is 32.5. The van der Waals surface area contributed by atoms with Gasteiger partial charge >= 0.3 is 5.97 Å². The van der Waals surface area contributed by atoms with Crippen LogP contribution in [0.3, 0.4) is 0 Å². The molecule has 11 unspecified atom stereocenters. The van der Waals surface area contributed by atoms with Crippen LogP contribution in [0.15, 0.2) is 0 Å². The van der Waals surface area contributed by atoms with Crippen molar-refractivity contribution in [3.05, 3.63) is 0 Å². The normalized spacial score (nSPS) is 25.0. The molecule has 0 saturated carbocycles. The summed E-state index contributed by atoms with van der Waals surface area (Å²) in [6, 6.07) is 0. The predicted molar refractivity (Wildman–Crippen MR) is 284 cm³/mol. The summed E-state index contributed by atoms with van der Waals surface area (Å²) in [5.41, 5.74) is 0. The third-order valence-electron chi connectivity index (χ3n) is 14.9. The Balaban J connectivity index is 1.69. The molecular weight excluding hydrogens is 921 g/mol. The van der Waals surface area contributed by atoms with Crippen molar-refractivity contribution in [2.24, 2.45) is 0 Å². The molecule has 2 heterocycles. The molecule has 2 aliphatic rings. The second-order valence-corrected chi connectivity index (χ2v) is 21.5. The molecule has 0 bridgehead atoms. The highest BCUT2D eigenvalue weighted by Crippen LogP contribution is 2.27. The minimum absolute atomic E-state index is 0.0710. The lowest BCUT2D eigenvalue weighted by Gasteiger charge is -2.42. The zero-order valence-electron chi connectivity index (χ0n) is 46.0. The first-order valence-corrected chi connectivity index (χ1v) is 30.1. The number of aliphatic hydroxyl groups is 7. The number of esters is 1. The zero-order valence-corrected chi connectivity index (χ0v) is 46.0. The van der Waals surface area contributed by atoms with Gasteiger partial charge in [-0.25, -0.2) is 0 Å². The van der Waals surface area contributed by atoms with Gasteiger partial charge in [0.1, 0.15) is 54.9 Å². The molecule has 0 aliphatic carbocycles. The maximum absolute atomic E-state index is 13.1. The molecule has 0 aromatic rings. The van der Waals surface area contributed by atoms with E-state index in [0.717, 1.165) is 44.9 Å². The van der Waals surface area contributed by atoms with E-state index in [-0.39, 0.29) is 25.6 Å². The van der Waals surface area contributed by atoms with E-state index < -0.39 is 80.7 Å². The second kappa shape index (κ2) is 46.1. The van der Waals surface area contributed by atoms with E-state index in [4.69, 9.17) is 28.4 Å². The van der Waals surface area contributed by atoms with Crippen molar-refractivity contribution in [2.45, 2.75) is 332 Å². The number of carbonyl (C=O) groups is 1. The van der Waals surface area contributed by atoms with Crippen molar-refractivity contribution < 1.29 is 69.0 Å². The molecule has 0 radical (unpaired) electrons. The van der Waals surface area contributed by atoms with Gasteiger partial charge in [-0.15, -0.1) is 0 Å². The van der Waals surface area contributed by atoms with Crippen molar-refractivity contribution in [1.82, 2.24) is 0 Å². The Labute approximate surface area is 438 Å². The van der Waals surface area contributed by atoms with E-state index in [2.05, 4.69) is 13.8 Å². The van der Waals surface area contributed by atoms with Crippen LogP contribution in [0.25, 0.3) is 0 Å². The Bertz CT molecular complexity index is 1200. The monoisotopic (exact) mass is 1030 g/mol. The lowest BCUT2D eigenvalue weighted by atomic mass is 9.98. The van der Waals surface area contributed by atoms with Crippen LogP contribution in [-0.2, 0) is 33.2 Å².